The van der Waals surface area contributed by atoms with E-state index in [4.69, 9.17) is 0 Å². The van der Waals surface area contributed by atoms with Gasteiger partial charge in [-0.05, 0) is 43.0 Å². The van der Waals surface area contributed by atoms with E-state index in [9.17, 15) is 9.59 Å². The van der Waals surface area contributed by atoms with Crippen LogP contribution in [0, 0.1) is 5.92 Å². The minimum absolute atomic E-state index is 0.107. The van der Waals surface area contributed by atoms with Crippen LogP contribution >= 0.6 is 0 Å². The number of nitrogens with one attached hydrogen (secondary N) is 1. The predicted octanol–water partition coefficient (Wildman–Crippen LogP) is 2.80. The zero-order valence-corrected chi connectivity index (χ0v) is 14.8. The first-order chi connectivity index (χ1) is 12.2. The van der Waals surface area contributed by atoms with E-state index in [1.54, 1.807) is 0 Å². The average Bonchev–Trinajstić information content (AvgIpc) is 2.68. The van der Waals surface area contributed by atoms with Crippen molar-refractivity contribution in [3.8, 4) is 0 Å². The summed E-state index contributed by atoms with van der Waals surface area (Å²) in [5, 5.41) is 2.94. The van der Waals surface area contributed by atoms with E-state index in [0.717, 1.165) is 51.1 Å². The van der Waals surface area contributed by atoms with E-state index >= 15 is 0 Å². The Morgan fingerprint density at radius 1 is 1.00 bits per heavy atom. The first-order valence-corrected chi connectivity index (χ1v) is 9.67. The number of rotatable bonds is 2. The van der Waals surface area contributed by atoms with Crippen molar-refractivity contribution in [1.82, 2.24) is 4.90 Å². The molecule has 0 bridgehead atoms. The van der Waals surface area contributed by atoms with Gasteiger partial charge in [-0.1, -0.05) is 19.3 Å². The van der Waals surface area contributed by atoms with E-state index in [-0.39, 0.29) is 11.8 Å². The number of hydrogen-bond acceptors (Lipinski definition) is 3. The highest BCUT2D eigenvalue weighted by Gasteiger charge is 2.28. The van der Waals surface area contributed by atoms with Crippen LogP contribution in [0.25, 0.3) is 0 Å². The highest BCUT2D eigenvalue weighted by atomic mass is 16.2. The fraction of sp³-hybridized carbons (Fsp3) is 0.600. The molecule has 3 aliphatic rings. The Balaban J connectivity index is 1.37. The van der Waals surface area contributed by atoms with Crippen LogP contribution in [0.3, 0.4) is 0 Å². The lowest BCUT2D eigenvalue weighted by Crippen LogP contribution is -2.50. The molecule has 1 N–H and O–H groups in total. The summed E-state index contributed by atoms with van der Waals surface area (Å²) < 4.78 is 0. The second kappa shape index (κ2) is 7.06. The molecule has 25 heavy (non-hydrogen) atoms. The molecule has 5 nitrogen and oxygen atoms in total. The van der Waals surface area contributed by atoms with Gasteiger partial charge in [0, 0.05) is 49.9 Å². The molecule has 0 radical (unpaired) electrons. The Labute approximate surface area is 149 Å². The summed E-state index contributed by atoms with van der Waals surface area (Å²) in [6, 6.07) is 6.30. The van der Waals surface area contributed by atoms with Gasteiger partial charge in [-0.25, -0.2) is 0 Å². The van der Waals surface area contributed by atoms with Gasteiger partial charge in [-0.3, -0.25) is 9.59 Å². The minimum Gasteiger partial charge on any atom is -0.368 e. The fourth-order valence-electron chi connectivity index (χ4n) is 4.36. The topological polar surface area (TPSA) is 52.7 Å². The summed E-state index contributed by atoms with van der Waals surface area (Å²) in [5.74, 6) is 0.759. The van der Waals surface area contributed by atoms with E-state index in [2.05, 4.69) is 27.2 Å². The van der Waals surface area contributed by atoms with Crippen molar-refractivity contribution in [3.63, 3.8) is 0 Å². The van der Waals surface area contributed by atoms with Crippen molar-refractivity contribution in [2.24, 2.45) is 5.92 Å². The van der Waals surface area contributed by atoms with Crippen molar-refractivity contribution >= 4 is 23.2 Å². The van der Waals surface area contributed by atoms with Crippen LogP contribution in [0.5, 0.6) is 0 Å². The van der Waals surface area contributed by atoms with E-state index in [1.807, 2.05) is 6.07 Å². The molecule has 4 rings (SSSR count). The molecule has 0 aromatic heterocycles. The Hall–Kier alpha value is -2.04. The second-order valence-corrected chi connectivity index (χ2v) is 7.54. The smallest absolute Gasteiger partial charge is 0.225 e. The van der Waals surface area contributed by atoms with Crippen LogP contribution in [0.4, 0.5) is 11.4 Å². The number of anilines is 2. The van der Waals surface area contributed by atoms with Gasteiger partial charge in [-0.2, -0.15) is 0 Å². The summed E-state index contributed by atoms with van der Waals surface area (Å²) in [6.45, 7) is 3.43. The van der Waals surface area contributed by atoms with Gasteiger partial charge in [0.1, 0.15) is 0 Å². The zero-order chi connectivity index (χ0) is 17.2. The van der Waals surface area contributed by atoms with Crippen LogP contribution < -0.4 is 10.2 Å². The number of piperazine rings is 1. The highest BCUT2D eigenvalue weighted by molar-refractivity contribution is 5.94. The van der Waals surface area contributed by atoms with Gasteiger partial charge >= 0.3 is 0 Å². The lowest BCUT2D eigenvalue weighted by atomic mass is 9.88. The van der Waals surface area contributed by atoms with Crippen molar-refractivity contribution in [2.75, 3.05) is 36.4 Å². The van der Waals surface area contributed by atoms with Crippen molar-refractivity contribution in [1.29, 1.82) is 0 Å². The molecule has 2 aliphatic heterocycles. The molecule has 1 saturated heterocycles. The van der Waals surface area contributed by atoms with E-state index in [1.165, 1.54) is 30.5 Å². The number of carbonyl (C=O) groups excluding carboxylic acids is 2. The van der Waals surface area contributed by atoms with Gasteiger partial charge in [0.05, 0.1) is 0 Å². The van der Waals surface area contributed by atoms with Crippen LogP contribution in [0.2, 0.25) is 0 Å². The molecule has 2 fully saturated rings. The summed E-state index contributed by atoms with van der Waals surface area (Å²) in [5.41, 5.74) is 3.38. The van der Waals surface area contributed by atoms with Gasteiger partial charge < -0.3 is 15.1 Å². The molecular formula is C20H27N3O2. The molecule has 2 amide bonds. The monoisotopic (exact) mass is 341 g/mol. The number of benzene rings is 1. The van der Waals surface area contributed by atoms with Gasteiger partial charge in [-0.15, -0.1) is 0 Å². The number of nitrogens with zero attached hydrogens (tertiary/aromatic N) is 2. The Morgan fingerprint density at radius 3 is 2.52 bits per heavy atom. The Kier molecular flexibility index (Phi) is 4.64. The molecule has 0 unspecified atom stereocenters. The number of aryl methyl sites for hydroxylation is 1. The molecular weight excluding hydrogens is 314 g/mol. The van der Waals surface area contributed by atoms with Crippen LogP contribution in [-0.4, -0.2) is 42.9 Å². The molecule has 134 valence electrons. The lowest BCUT2D eigenvalue weighted by molar-refractivity contribution is -0.136. The maximum Gasteiger partial charge on any atom is 0.225 e. The van der Waals surface area contributed by atoms with E-state index < -0.39 is 0 Å². The van der Waals surface area contributed by atoms with Gasteiger partial charge in [0.25, 0.3) is 0 Å². The minimum atomic E-state index is 0.107. The first-order valence-electron chi connectivity index (χ1n) is 9.67. The Morgan fingerprint density at radius 2 is 1.76 bits per heavy atom. The quantitative estimate of drug-likeness (QED) is 0.900. The zero-order valence-electron chi connectivity index (χ0n) is 14.8. The molecule has 5 heteroatoms. The number of carbonyl (C=O) groups is 2. The number of fused-ring (bicyclic) bond motifs is 1. The van der Waals surface area contributed by atoms with Crippen LogP contribution in [0.1, 0.15) is 44.1 Å². The average molecular weight is 341 g/mol. The largest absolute Gasteiger partial charge is 0.368 e. The normalized spacial score (nSPS) is 21.7. The summed E-state index contributed by atoms with van der Waals surface area (Å²) in [6.07, 6.45) is 7.25. The predicted molar refractivity (Wildman–Crippen MR) is 98.8 cm³/mol. The molecule has 1 aromatic carbocycles. The van der Waals surface area contributed by atoms with Gasteiger partial charge in [0.15, 0.2) is 0 Å². The molecule has 2 heterocycles. The highest BCUT2D eigenvalue weighted by Crippen LogP contribution is 2.29. The maximum atomic E-state index is 12.7. The molecule has 0 atom stereocenters. The molecule has 0 spiro atoms. The molecule has 1 aromatic rings. The van der Waals surface area contributed by atoms with E-state index in [0.29, 0.717) is 12.3 Å². The molecule has 1 saturated carbocycles. The number of amides is 2. The maximum absolute atomic E-state index is 12.7. The van der Waals surface area contributed by atoms with Crippen molar-refractivity contribution in [3.05, 3.63) is 23.8 Å². The SMILES string of the molecule is O=C1CCc2cc(N3CCN(C(=O)C4CCCCC4)CC3)ccc2N1. The lowest BCUT2D eigenvalue weighted by Gasteiger charge is -2.38. The fourth-order valence-corrected chi connectivity index (χ4v) is 4.36. The summed E-state index contributed by atoms with van der Waals surface area (Å²) in [7, 11) is 0. The molecule has 1 aliphatic carbocycles. The third-order valence-electron chi connectivity index (χ3n) is 5.90. The third kappa shape index (κ3) is 3.51. The standard InChI is InChI=1S/C20H27N3O2/c24-19-9-6-16-14-17(7-8-18(16)21-19)22-10-12-23(13-11-22)20(25)15-4-2-1-3-5-15/h7-8,14-15H,1-6,9-13H2,(H,21,24). The van der Waals surface area contributed by atoms with Gasteiger partial charge in [0.2, 0.25) is 11.8 Å². The van der Waals surface area contributed by atoms with Crippen molar-refractivity contribution < 1.29 is 9.59 Å². The summed E-state index contributed by atoms with van der Waals surface area (Å²) >= 11 is 0. The second-order valence-electron chi connectivity index (χ2n) is 7.54. The Bertz CT molecular complexity index is 659. The first kappa shape index (κ1) is 16.4. The van der Waals surface area contributed by atoms with Crippen molar-refractivity contribution in [2.45, 2.75) is 44.9 Å². The summed E-state index contributed by atoms with van der Waals surface area (Å²) in [4.78, 5) is 28.6. The van der Waals surface area contributed by atoms with Crippen LogP contribution in [-0.2, 0) is 16.0 Å². The number of hydrogen-bond donors (Lipinski definition) is 1. The third-order valence-corrected chi connectivity index (χ3v) is 5.90. The van der Waals surface area contributed by atoms with Crippen LogP contribution in [0.15, 0.2) is 18.2 Å².